The molecule has 1 atom stereocenters. The highest BCUT2D eigenvalue weighted by Gasteiger charge is 2.28. The van der Waals surface area contributed by atoms with Crippen LogP contribution in [0.1, 0.15) is 6.42 Å². The third-order valence-electron chi connectivity index (χ3n) is 1.98. The van der Waals surface area contributed by atoms with Crippen LogP contribution in [0.2, 0.25) is 0 Å². The molecule has 1 saturated heterocycles. The Hall–Kier alpha value is -1.10. The Balaban J connectivity index is 2.46. The predicted octanol–water partition coefficient (Wildman–Crippen LogP) is -1.28. The summed E-state index contributed by atoms with van der Waals surface area (Å²) in [5.41, 5.74) is 4.83. The highest BCUT2D eigenvalue weighted by Crippen LogP contribution is 2.11. The number of rotatable bonds is 1. The van der Waals surface area contributed by atoms with Gasteiger partial charge in [0.05, 0.1) is 6.10 Å². The lowest BCUT2D eigenvalue weighted by Gasteiger charge is -2.12. The molecular weight excluding hydrogens is 160 g/mol. The van der Waals surface area contributed by atoms with Gasteiger partial charge in [-0.05, 0) is 6.42 Å². The average molecular weight is 172 g/mol. The average Bonchev–Trinajstić information content (AvgIpc) is 2.50. The number of hydrogen-bond acceptors (Lipinski definition) is 3. The summed E-state index contributed by atoms with van der Waals surface area (Å²) in [6.45, 7) is 1.03. The topological polar surface area (TPSA) is 72.6 Å². The van der Waals surface area contributed by atoms with E-state index in [9.17, 15) is 9.59 Å². The number of methoxy groups -OCH3 is 1. The number of carbonyl (C=O) groups is 2. The monoisotopic (exact) mass is 172 g/mol. The Kier molecular flexibility index (Phi) is 2.65. The molecular formula is C7H12N2O3. The molecule has 0 spiro atoms. The van der Waals surface area contributed by atoms with Gasteiger partial charge in [0.1, 0.15) is 0 Å². The van der Waals surface area contributed by atoms with Gasteiger partial charge >= 0.3 is 11.8 Å². The molecule has 1 heterocycles. The molecule has 0 aliphatic carbocycles. The highest BCUT2D eigenvalue weighted by atomic mass is 16.5. The summed E-state index contributed by atoms with van der Waals surface area (Å²) in [6, 6.07) is 0. The molecule has 12 heavy (non-hydrogen) atoms. The zero-order valence-electron chi connectivity index (χ0n) is 6.95. The summed E-state index contributed by atoms with van der Waals surface area (Å²) >= 11 is 0. The number of carbonyl (C=O) groups excluding carboxylic acids is 2. The van der Waals surface area contributed by atoms with Gasteiger partial charge < -0.3 is 15.4 Å². The lowest BCUT2D eigenvalue weighted by Crippen LogP contribution is -2.39. The van der Waals surface area contributed by atoms with E-state index in [4.69, 9.17) is 10.5 Å². The molecule has 0 bridgehead atoms. The minimum Gasteiger partial charge on any atom is -0.380 e. The van der Waals surface area contributed by atoms with Crippen molar-refractivity contribution in [1.82, 2.24) is 4.90 Å². The number of amides is 2. The van der Waals surface area contributed by atoms with Gasteiger partial charge in [0.2, 0.25) is 0 Å². The normalized spacial score (nSPS) is 22.8. The highest BCUT2D eigenvalue weighted by molar-refractivity contribution is 6.34. The van der Waals surface area contributed by atoms with Crippen molar-refractivity contribution in [3.63, 3.8) is 0 Å². The Bertz CT molecular complexity index is 205. The van der Waals surface area contributed by atoms with E-state index in [-0.39, 0.29) is 6.10 Å². The zero-order valence-corrected chi connectivity index (χ0v) is 6.95. The van der Waals surface area contributed by atoms with Crippen LogP contribution in [0, 0.1) is 0 Å². The van der Waals surface area contributed by atoms with Crippen LogP contribution in [0.5, 0.6) is 0 Å². The maximum Gasteiger partial charge on any atom is 0.311 e. The van der Waals surface area contributed by atoms with Crippen LogP contribution in [0.4, 0.5) is 0 Å². The molecule has 5 nitrogen and oxygen atoms in total. The van der Waals surface area contributed by atoms with Crippen molar-refractivity contribution in [3.05, 3.63) is 0 Å². The number of primary amides is 1. The third-order valence-corrected chi connectivity index (χ3v) is 1.98. The molecule has 1 rings (SSSR count). The summed E-state index contributed by atoms with van der Waals surface area (Å²) in [5, 5.41) is 0. The first-order chi connectivity index (χ1) is 5.65. The first-order valence-corrected chi connectivity index (χ1v) is 3.76. The fourth-order valence-corrected chi connectivity index (χ4v) is 1.26. The summed E-state index contributed by atoms with van der Waals surface area (Å²) < 4.78 is 5.03. The van der Waals surface area contributed by atoms with Crippen molar-refractivity contribution in [2.24, 2.45) is 5.73 Å². The minimum atomic E-state index is -0.897. The molecule has 0 unspecified atom stereocenters. The summed E-state index contributed by atoms with van der Waals surface area (Å²) in [6.07, 6.45) is 0.823. The first-order valence-electron chi connectivity index (χ1n) is 3.76. The van der Waals surface area contributed by atoms with Crippen LogP contribution in [-0.4, -0.2) is 43.0 Å². The van der Waals surface area contributed by atoms with Gasteiger partial charge in [-0.1, -0.05) is 0 Å². The number of likely N-dealkylation sites (tertiary alicyclic amines) is 1. The number of nitrogens with two attached hydrogens (primary N) is 1. The smallest absolute Gasteiger partial charge is 0.311 e. The summed E-state index contributed by atoms with van der Waals surface area (Å²) in [4.78, 5) is 22.9. The maximum absolute atomic E-state index is 11.0. The first kappa shape index (κ1) is 8.99. The largest absolute Gasteiger partial charge is 0.380 e. The van der Waals surface area contributed by atoms with Crippen molar-refractivity contribution in [2.45, 2.75) is 12.5 Å². The van der Waals surface area contributed by atoms with Gasteiger partial charge in [-0.2, -0.15) is 0 Å². The second kappa shape index (κ2) is 3.53. The Labute approximate surface area is 70.5 Å². The zero-order chi connectivity index (χ0) is 9.14. The lowest BCUT2D eigenvalue weighted by molar-refractivity contribution is -0.143. The number of nitrogens with zero attached hydrogens (tertiary/aromatic N) is 1. The van der Waals surface area contributed by atoms with E-state index in [1.807, 2.05) is 0 Å². The second-order valence-electron chi connectivity index (χ2n) is 2.76. The van der Waals surface area contributed by atoms with E-state index in [0.717, 1.165) is 6.42 Å². The number of ether oxygens (including phenoxy) is 1. The van der Waals surface area contributed by atoms with Gasteiger partial charge in [-0.25, -0.2) is 0 Å². The van der Waals surface area contributed by atoms with Crippen molar-refractivity contribution in [2.75, 3.05) is 20.2 Å². The van der Waals surface area contributed by atoms with Crippen LogP contribution in [-0.2, 0) is 14.3 Å². The van der Waals surface area contributed by atoms with Gasteiger partial charge in [-0.15, -0.1) is 0 Å². The molecule has 2 N–H and O–H groups in total. The summed E-state index contributed by atoms with van der Waals surface area (Å²) in [5.74, 6) is -1.51. The molecule has 1 aliphatic heterocycles. The van der Waals surface area contributed by atoms with E-state index < -0.39 is 11.8 Å². The van der Waals surface area contributed by atoms with E-state index in [0.29, 0.717) is 13.1 Å². The van der Waals surface area contributed by atoms with Crippen LogP contribution >= 0.6 is 0 Å². The van der Waals surface area contributed by atoms with Crippen molar-refractivity contribution >= 4 is 11.8 Å². The summed E-state index contributed by atoms with van der Waals surface area (Å²) in [7, 11) is 1.59. The van der Waals surface area contributed by atoms with E-state index in [1.54, 1.807) is 7.11 Å². The fraction of sp³-hybridized carbons (Fsp3) is 0.714. The molecule has 0 saturated carbocycles. The van der Waals surface area contributed by atoms with E-state index in [1.165, 1.54) is 4.90 Å². The quantitative estimate of drug-likeness (QED) is 0.501. The minimum absolute atomic E-state index is 0.0494. The molecule has 2 amide bonds. The number of hydrogen-bond donors (Lipinski definition) is 1. The van der Waals surface area contributed by atoms with Crippen molar-refractivity contribution in [1.29, 1.82) is 0 Å². The maximum atomic E-state index is 11.0. The van der Waals surface area contributed by atoms with Crippen LogP contribution in [0.3, 0.4) is 0 Å². The molecule has 5 heteroatoms. The van der Waals surface area contributed by atoms with Gasteiger partial charge in [0.25, 0.3) is 0 Å². The van der Waals surface area contributed by atoms with Crippen molar-refractivity contribution < 1.29 is 14.3 Å². The van der Waals surface area contributed by atoms with E-state index in [2.05, 4.69) is 0 Å². The Morgan fingerprint density at radius 3 is 2.67 bits per heavy atom. The van der Waals surface area contributed by atoms with Gasteiger partial charge in [-0.3, -0.25) is 9.59 Å². The fourth-order valence-electron chi connectivity index (χ4n) is 1.26. The van der Waals surface area contributed by atoms with Crippen LogP contribution < -0.4 is 5.73 Å². The standard InChI is InChI=1S/C7H12N2O3/c1-12-5-2-3-9(4-5)7(11)6(8)10/h5H,2-4H2,1H3,(H2,8,10)/t5-/m1/s1. The second-order valence-corrected chi connectivity index (χ2v) is 2.76. The molecule has 0 aromatic heterocycles. The molecule has 0 aromatic rings. The van der Waals surface area contributed by atoms with E-state index >= 15 is 0 Å². The van der Waals surface area contributed by atoms with Crippen LogP contribution in [0.25, 0.3) is 0 Å². The van der Waals surface area contributed by atoms with Crippen molar-refractivity contribution in [3.8, 4) is 0 Å². The molecule has 0 aromatic carbocycles. The third kappa shape index (κ3) is 1.73. The lowest BCUT2D eigenvalue weighted by atomic mass is 10.3. The molecule has 68 valence electrons. The molecule has 0 radical (unpaired) electrons. The van der Waals surface area contributed by atoms with Crippen LogP contribution in [0.15, 0.2) is 0 Å². The molecule has 1 aliphatic rings. The SMILES string of the molecule is CO[C@@H]1CCN(C(=O)C(N)=O)C1. The van der Waals surface area contributed by atoms with Gasteiger partial charge in [0, 0.05) is 20.2 Å². The Morgan fingerprint density at radius 2 is 2.25 bits per heavy atom. The molecule has 1 fully saturated rings. The van der Waals surface area contributed by atoms with Gasteiger partial charge in [0.15, 0.2) is 0 Å². The Morgan fingerprint density at radius 1 is 1.58 bits per heavy atom. The predicted molar refractivity (Wildman–Crippen MR) is 41.2 cm³/mol.